The highest BCUT2D eigenvalue weighted by Crippen LogP contribution is 2.23. The monoisotopic (exact) mass is 149 g/mol. The Morgan fingerprint density at radius 2 is 2.45 bits per heavy atom. The van der Waals surface area contributed by atoms with Crippen molar-refractivity contribution in [1.82, 2.24) is 0 Å². The number of hydrogen-bond donors (Lipinski definition) is 0. The van der Waals surface area contributed by atoms with Gasteiger partial charge in [-0.25, -0.2) is 0 Å². The van der Waals surface area contributed by atoms with E-state index >= 15 is 0 Å². The lowest BCUT2D eigenvalue weighted by molar-refractivity contribution is 0.705. The van der Waals surface area contributed by atoms with Crippen molar-refractivity contribution in [3.8, 4) is 0 Å². The summed E-state index contributed by atoms with van der Waals surface area (Å²) < 4.78 is 0. The standard InChI is InChI=1S/C8H11N3/c1-7(10-11-9)8-5-3-2-4-6-8/h5H,1-4,6H2. The van der Waals surface area contributed by atoms with Crippen LogP contribution < -0.4 is 0 Å². The van der Waals surface area contributed by atoms with Crippen molar-refractivity contribution in [3.05, 3.63) is 34.4 Å². The maximum absolute atomic E-state index is 8.14. The zero-order chi connectivity index (χ0) is 8.10. The molecule has 0 heterocycles. The van der Waals surface area contributed by atoms with Gasteiger partial charge in [0.15, 0.2) is 0 Å². The van der Waals surface area contributed by atoms with E-state index < -0.39 is 0 Å². The van der Waals surface area contributed by atoms with Crippen LogP contribution >= 0.6 is 0 Å². The lowest BCUT2D eigenvalue weighted by Crippen LogP contribution is -1.92. The largest absolute Gasteiger partial charge is 0.0892 e. The van der Waals surface area contributed by atoms with Crippen molar-refractivity contribution in [2.75, 3.05) is 0 Å². The van der Waals surface area contributed by atoms with Crippen molar-refractivity contribution in [3.63, 3.8) is 0 Å². The van der Waals surface area contributed by atoms with Gasteiger partial charge in [0.25, 0.3) is 0 Å². The van der Waals surface area contributed by atoms with Gasteiger partial charge in [0.1, 0.15) is 0 Å². The van der Waals surface area contributed by atoms with Crippen LogP contribution in [0.4, 0.5) is 0 Å². The Kier molecular flexibility index (Phi) is 2.75. The summed E-state index contributed by atoms with van der Waals surface area (Å²) in [6.07, 6.45) is 6.65. The van der Waals surface area contributed by atoms with Crippen LogP contribution in [0.1, 0.15) is 25.7 Å². The molecule has 1 aliphatic carbocycles. The van der Waals surface area contributed by atoms with Crippen LogP contribution in [-0.2, 0) is 0 Å². The maximum atomic E-state index is 8.14. The van der Waals surface area contributed by atoms with E-state index in [-0.39, 0.29) is 0 Å². The van der Waals surface area contributed by atoms with Crippen LogP contribution in [0.5, 0.6) is 0 Å². The zero-order valence-electron chi connectivity index (χ0n) is 6.45. The molecule has 0 aromatic carbocycles. The first-order valence-corrected chi connectivity index (χ1v) is 3.78. The third-order valence-electron chi connectivity index (χ3n) is 1.83. The number of azide groups is 1. The number of rotatable bonds is 2. The van der Waals surface area contributed by atoms with Gasteiger partial charge in [-0.1, -0.05) is 17.8 Å². The normalized spacial score (nSPS) is 16.5. The zero-order valence-corrected chi connectivity index (χ0v) is 6.45. The summed E-state index contributed by atoms with van der Waals surface area (Å²) in [5, 5.41) is 3.47. The van der Waals surface area contributed by atoms with E-state index in [0.29, 0.717) is 5.70 Å². The Morgan fingerprint density at radius 1 is 1.64 bits per heavy atom. The number of hydrogen-bond acceptors (Lipinski definition) is 1. The van der Waals surface area contributed by atoms with E-state index in [1.54, 1.807) is 0 Å². The predicted octanol–water partition coefficient (Wildman–Crippen LogP) is 3.31. The molecule has 0 aromatic heterocycles. The molecule has 0 aromatic rings. The summed E-state index contributed by atoms with van der Waals surface area (Å²) in [5.41, 5.74) is 9.85. The lowest BCUT2D eigenvalue weighted by atomic mass is 9.98. The highest BCUT2D eigenvalue weighted by atomic mass is 15.1. The van der Waals surface area contributed by atoms with Crippen LogP contribution in [0.25, 0.3) is 10.4 Å². The average molecular weight is 149 g/mol. The molecule has 0 radical (unpaired) electrons. The molecule has 0 saturated carbocycles. The van der Waals surface area contributed by atoms with Crippen LogP contribution in [0.2, 0.25) is 0 Å². The first kappa shape index (κ1) is 7.89. The van der Waals surface area contributed by atoms with Gasteiger partial charge in [0.05, 0.1) is 0 Å². The van der Waals surface area contributed by atoms with Crippen molar-refractivity contribution < 1.29 is 0 Å². The van der Waals surface area contributed by atoms with Gasteiger partial charge in [-0.2, -0.15) is 0 Å². The van der Waals surface area contributed by atoms with Crippen LogP contribution in [0, 0.1) is 0 Å². The molecule has 0 fully saturated rings. The quantitative estimate of drug-likeness (QED) is 0.328. The van der Waals surface area contributed by atoms with Gasteiger partial charge in [-0.3, -0.25) is 0 Å². The van der Waals surface area contributed by atoms with Gasteiger partial charge in [0.2, 0.25) is 0 Å². The second-order valence-electron chi connectivity index (χ2n) is 2.61. The minimum absolute atomic E-state index is 0.590. The predicted molar refractivity (Wildman–Crippen MR) is 44.8 cm³/mol. The van der Waals surface area contributed by atoms with E-state index in [1.165, 1.54) is 12.8 Å². The van der Waals surface area contributed by atoms with Crippen LogP contribution in [0.3, 0.4) is 0 Å². The smallest absolute Gasteiger partial charge is 0.0332 e. The lowest BCUT2D eigenvalue weighted by Gasteiger charge is -2.10. The van der Waals surface area contributed by atoms with Gasteiger partial charge in [-0.05, 0) is 36.8 Å². The molecule has 0 bridgehead atoms. The number of allylic oxidation sites excluding steroid dienone is 2. The number of nitrogens with zero attached hydrogens (tertiary/aromatic N) is 3. The third kappa shape index (κ3) is 2.13. The van der Waals surface area contributed by atoms with E-state index in [1.807, 2.05) is 0 Å². The van der Waals surface area contributed by atoms with Crippen LogP contribution in [0.15, 0.2) is 29.0 Å². The molecule has 1 rings (SSSR count). The molecule has 0 atom stereocenters. The highest BCUT2D eigenvalue weighted by molar-refractivity contribution is 5.28. The van der Waals surface area contributed by atoms with Gasteiger partial charge in [-0.15, -0.1) is 0 Å². The second-order valence-corrected chi connectivity index (χ2v) is 2.61. The summed E-state index contributed by atoms with van der Waals surface area (Å²) >= 11 is 0. The van der Waals surface area contributed by atoms with E-state index in [2.05, 4.69) is 22.7 Å². The van der Waals surface area contributed by atoms with Crippen molar-refractivity contribution in [2.45, 2.75) is 25.7 Å². The Hall–Kier alpha value is -1.21. The molecule has 0 amide bonds. The Bertz CT molecular complexity index is 234. The van der Waals surface area contributed by atoms with E-state index in [4.69, 9.17) is 5.53 Å². The molecule has 0 aliphatic heterocycles. The summed E-state index contributed by atoms with van der Waals surface area (Å²) in [6.45, 7) is 3.68. The fourth-order valence-corrected chi connectivity index (χ4v) is 1.22. The fourth-order valence-electron chi connectivity index (χ4n) is 1.22. The SMILES string of the molecule is C=C(N=[N+]=[N-])C1=CCCCC1. The summed E-state index contributed by atoms with van der Waals surface area (Å²) in [5.74, 6) is 0. The fraction of sp³-hybridized carbons (Fsp3) is 0.500. The Labute approximate surface area is 66.0 Å². The molecule has 58 valence electrons. The Balaban J connectivity index is 2.65. The molecule has 0 unspecified atom stereocenters. The summed E-state index contributed by atoms with van der Waals surface area (Å²) in [7, 11) is 0. The molecule has 3 heteroatoms. The van der Waals surface area contributed by atoms with E-state index in [9.17, 15) is 0 Å². The second kappa shape index (κ2) is 3.84. The molecule has 11 heavy (non-hydrogen) atoms. The first-order chi connectivity index (χ1) is 5.34. The first-order valence-electron chi connectivity index (χ1n) is 3.78. The summed E-state index contributed by atoms with van der Waals surface area (Å²) in [4.78, 5) is 2.70. The minimum atomic E-state index is 0.590. The topological polar surface area (TPSA) is 48.8 Å². The molecule has 0 saturated heterocycles. The molecule has 1 aliphatic rings. The van der Waals surface area contributed by atoms with Crippen molar-refractivity contribution in [2.24, 2.45) is 5.11 Å². The van der Waals surface area contributed by atoms with Gasteiger partial charge >= 0.3 is 0 Å². The van der Waals surface area contributed by atoms with E-state index in [0.717, 1.165) is 18.4 Å². The minimum Gasteiger partial charge on any atom is -0.0892 e. The highest BCUT2D eigenvalue weighted by Gasteiger charge is 2.04. The summed E-state index contributed by atoms with van der Waals surface area (Å²) in [6, 6.07) is 0. The molecule has 3 nitrogen and oxygen atoms in total. The molecule has 0 N–H and O–H groups in total. The maximum Gasteiger partial charge on any atom is 0.0332 e. The molecular weight excluding hydrogens is 138 g/mol. The average Bonchev–Trinajstić information content (AvgIpc) is 2.07. The van der Waals surface area contributed by atoms with Gasteiger partial charge < -0.3 is 0 Å². The molecule has 0 spiro atoms. The van der Waals surface area contributed by atoms with Crippen molar-refractivity contribution in [1.29, 1.82) is 0 Å². The van der Waals surface area contributed by atoms with Gasteiger partial charge in [0, 0.05) is 10.6 Å². The third-order valence-corrected chi connectivity index (χ3v) is 1.83. The van der Waals surface area contributed by atoms with Crippen LogP contribution in [-0.4, -0.2) is 0 Å². The van der Waals surface area contributed by atoms with Crippen molar-refractivity contribution >= 4 is 0 Å². The molecular formula is C8H11N3. The Morgan fingerprint density at radius 3 is 3.00 bits per heavy atom.